The fourth-order valence-corrected chi connectivity index (χ4v) is 1.61. The summed E-state index contributed by atoms with van der Waals surface area (Å²) in [4.78, 5) is 0. The van der Waals surface area contributed by atoms with Crippen LogP contribution in [-0.4, -0.2) is 24.6 Å². The third kappa shape index (κ3) is 3.82. The number of oxime groups is 1. The highest BCUT2D eigenvalue weighted by atomic mass is 35.5. The summed E-state index contributed by atoms with van der Waals surface area (Å²) < 4.78 is 11.0. The zero-order chi connectivity index (χ0) is 12.7. The number of rotatable bonds is 6. The van der Waals surface area contributed by atoms with Crippen molar-refractivity contribution in [2.24, 2.45) is 5.16 Å². The maximum absolute atomic E-state index is 8.50. The zero-order valence-corrected chi connectivity index (χ0v) is 10.7. The first-order valence-electron chi connectivity index (χ1n) is 5.49. The molecule has 0 aliphatic rings. The van der Waals surface area contributed by atoms with Crippen LogP contribution in [0.1, 0.15) is 25.8 Å². The minimum absolute atomic E-state index is 0.444. The Morgan fingerprint density at radius 2 is 2.12 bits per heavy atom. The van der Waals surface area contributed by atoms with Crippen molar-refractivity contribution in [2.45, 2.75) is 20.3 Å². The molecular formula is C12H16ClNO3. The lowest BCUT2D eigenvalue weighted by Gasteiger charge is -2.13. The number of hydrogen-bond donors (Lipinski definition) is 1. The Morgan fingerprint density at radius 3 is 2.71 bits per heavy atom. The fourth-order valence-electron chi connectivity index (χ4n) is 1.34. The average Bonchev–Trinajstić information content (AvgIpc) is 2.29. The summed E-state index contributed by atoms with van der Waals surface area (Å²) >= 11 is 6.09. The summed E-state index contributed by atoms with van der Waals surface area (Å²) in [5.41, 5.74) is 0.657. The van der Waals surface area contributed by atoms with Crippen LogP contribution in [0.5, 0.6) is 11.5 Å². The molecule has 17 heavy (non-hydrogen) atoms. The topological polar surface area (TPSA) is 51.0 Å². The van der Waals surface area contributed by atoms with Crippen LogP contribution in [0.25, 0.3) is 0 Å². The molecule has 0 heterocycles. The Bertz CT molecular complexity index is 394. The summed E-state index contributed by atoms with van der Waals surface area (Å²) in [5, 5.41) is 11.9. The van der Waals surface area contributed by atoms with Gasteiger partial charge in [0.05, 0.1) is 24.5 Å². The summed E-state index contributed by atoms with van der Waals surface area (Å²) in [6, 6.07) is 3.38. The van der Waals surface area contributed by atoms with E-state index in [1.165, 1.54) is 6.21 Å². The molecule has 0 saturated carbocycles. The Morgan fingerprint density at radius 1 is 1.35 bits per heavy atom. The highest BCUT2D eigenvalue weighted by Gasteiger charge is 2.11. The van der Waals surface area contributed by atoms with Crippen LogP contribution in [0.15, 0.2) is 17.3 Å². The normalized spacial score (nSPS) is 10.8. The van der Waals surface area contributed by atoms with Crippen LogP contribution in [0.4, 0.5) is 0 Å². The minimum Gasteiger partial charge on any atom is -0.490 e. The molecule has 1 aromatic rings. The molecule has 0 bridgehead atoms. The third-order valence-electron chi connectivity index (χ3n) is 1.99. The van der Waals surface area contributed by atoms with Gasteiger partial charge in [-0.2, -0.15) is 0 Å². The highest BCUT2D eigenvalue weighted by molar-refractivity contribution is 6.32. The molecule has 0 spiro atoms. The molecule has 0 atom stereocenters. The van der Waals surface area contributed by atoms with Crippen LogP contribution in [0.2, 0.25) is 5.02 Å². The number of nitrogens with zero attached hydrogens (tertiary/aromatic N) is 1. The van der Waals surface area contributed by atoms with E-state index in [0.717, 1.165) is 6.42 Å². The fraction of sp³-hybridized carbons (Fsp3) is 0.417. The Kier molecular flexibility index (Phi) is 5.63. The van der Waals surface area contributed by atoms with Crippen molar-refractivity contribution in [3.63, 3.8) is 0 Å². The van der Waals surface area contributed by atoms with Gasteiger partial charge in [-0.3, -0.25) is 0 Å². The lowest BCUT2D eigenvalue weighted by molar-refractivity contribution is 0.277. The lowest BCUT2D eigenvalue weighted by atomic mass is 10.2. The molecule has 0 unspecified atom stereocenters. The van der Waals surface area contributed by atoms with Crippen molar-refractivity contribution in [3.8, 4) is 11.5 Å². The van der Waals surface area contributed by atoms with Gasteiger partial charge in [-0.05, 0) is 25.5 Å². The summed E-state index contributed by atoms with van der Waals surface area (Å²) in [6.07, 6.45) is 2.18. The van der Waals surface area contributed by atoms with Crippen LogP contribution in [-0.2, 0) is 0 Å². The average molecular weight is 258 g/mol. The maximum atomic E-state index is 8.50. The van der Waals surface area contributed by atoms with E-state index in [4.69, 9.17) is 26.3 Å². The van der Waals surface area contributed by atoms with Crippen molar-refractivity contribution < 1.29 is 14.7 Å². The Balaban J connectivity index is 3.08. The molecule has 0 radical (unpaired) electrons. The molecule has 0 aliphatic heterocycles. The van der Waals surface area contributed by atoms with Crippen molar-refractivity contribution in [1.29, 1.82) is 0 Å². The predicted molar refractivity (Wildman–Crippen MR) is 67.8 cm³/mol. The van der Waals surface area contributed by atoms with Crippen molar-refractivity contribution in [2.75, 3.05) is 13.2 Å². The van der Waals surface area contributed by atoms with E-state index < -0.39 is 0 Å². The monoisotopic (exact) mass is 257 g/mol. The van der Waals surface area contributed by atoms with Crippen LogP contribution < -0.4 is 9.47 Å². The molecule has 0 saturated heterocycles. The number of benzene rings is 1. The van der Waals surface area contributed by atoms with Gasteiger partial charge in [0.25, 0.3) is 0 Å². The summed E-state index contributed by atoms with van der Waals surface area (Å²) in [7, 11) is 0. The molecule has 1 rings (SSSR count). The quantitative estimate of drug-likeness (QED) is 0.483. The largest absolute Gasteiger partial charge is 0.490 e. The van der Waals surface area contributed by atoms with Gasteiger partial charge < -0.3 is 14.7 Å². The van der Waals surface area contributed by atoms with Gasteiger partial charge >= 0.3 is 0 Å². The van der Waals surface area contributed by atoms with E-state index in [1.54, 1.807) is 12.1 Å². The van der Waals surface area contributed by atoms with E-state index in [0.29, 0.717) is 35.3 Å². The molecule has 94 valence electrons. The SMILES string of the molecule is CCCOc1c(Cl)cc(/C=N/O)cc1OCC. The minimum atomic E-state index is 0.444. The second kappa shape index (κ2) is 7.01. The molecule has 1 aromatic carbocycles. The molecule has 0 aliphatic carbocycles. The van der Waals surface area contributed by atoms with E-state index in [1.807, 2.05) is 13.8 Å². The summed E-state index contributed by atoms with van der Waals surface area (Å²) in [5.74, 6) is 1.09. The molecular weight excluding hydrogens is 242 g/mol. The Hall–Kier alpha value is -1.42. The van der Waals surface area contributed by atoms with Gasteiger partial charge in [-0.15, -0.1) is 0 Å². The van der Waals surface area contributed by atoms with Gasteiger partial charge in [-0.1, -0.05) is 23.7 Å². The van der Waals surface area contributed by atoms with Gasteiger partial charge in [0.15, 0.2) is 11.5 Å². The van der Waals surface area contributed by atoms with Crippen molar-refractivity contribution >= 4 is 17.8 Å². The zero-order valence-electron chi connectivity index (χ0n) is 9.94. The van der Waals surface area contributed by atoms with E-state index >= 15 is 0 Å². The first-order chi connectivity index (χ1) is 8.22. The van der Waals surface area contributed by atoms with E-state index in [-0.39, 0.29) is 0 Å². The Labute approximate surface area is 106 Å². The van der Waals surface area contributed by atoms with Crippen LogP contribution >= 0.6 is 11.6 Å². The van der Waals surface area contributed by atoms with Crippen LogP contribution in [0.3, 0.4) is 0 Å². The van der Waals surface area contributed by atoms with Gasteiger partial charge in [0, 0.05) is 5.56 Å². The molecule has 0 fully saturated rings. The number of hydrogen-bond acceptors (Lipinski definition) is 4. The molecule has 0 aromatic heterocycles. The predicted octanol–water partition coefficient (Wildman–Crippen LogP) is 3.34. The number of halogens is 1. The molecule has 4 nitrogen and oxygen atoms in total. The first kappa shape index (κ1) is 13.6. The van der Waals surface area contributed by atoms with Gasteiger partial charge in [0.2, 0.25) is 0 Å². The third-order valence-corrected chi connectivity index (χ3v) is 2.27. The highest BCUT2D eigenvalue weighted by Crippen LogP contribution is 2.36. The number of ether oxygens (including phenoxy) is 2. The first-order valence-corrected chi connectivity index (χ1v) is 5.87. The smallest absolute Gasteiger partial charge is 0.179 e. The van der Waals surface area contributed by atoms with Crippen molar-refractivity contribution in [3.05, 3.63) is 22.7 Å². The summed E-state index contributed by atoms with van der Waals surface area (Å²) in [6.45, 7) is 4.98. The van der Waals surface area contributed by atoms with Crippen LogP contribution in [0, 0.1) is 0 Å². The lowest BCUT2D eigenvalue weighted by Crippen LogP contribution is -2.01. The maximum Gasteiger partial charge on any atom is 0.179 e. The van der Waals surface area contributed by atoms with E-state index in [9.17, 15) is 0 Å². The van der Waals surface area contributed by atoms with Gasteiger partial charge in [0.1, 0.15) is 0 Å². The van der Waals surface area contributed by atoms with Crippen molar-refractivity contribution in [1.82, 2.24) is 0 Å². The standard InChI is InChI=1S/C12H16ClNO3/c1-3-5-17-12-10(13)6-9(8-14-15)7-11(12)16-4-2/h6-8,15H,3-5H2,1-2H3/b14-8+. The molecule has 1 N–H and O–H groups in total. The van der Waals surface area contributed by atoms with Gasteiger partial charge in [-0.25, -0.2) is 0 Å². The van der Waals surface area contributed by atoms with E-state index in [2.05, 4.69) is 5.16 Å². The molecule has 5 heteroatoms. The molecule has 0 amide bonds. The second-order valence-electron chi connectivity index (χ2n) is 3.36. The second-order valence-corrected chi connectivity index (χ2v) is 3.76.